The third kappa shape index (κ3) is 3.28. The van der Waals surface area contributed by atoms with Gasteiger partial charge in [0.15, 0.2) is 0 Å². The average Bonchev–Trinajstić information content (AvgIpc) is 2.40. The number of carboxylic acid groups (broad SMARTS) is 1. The summed E-state index contributed by atoms with van der Waals surface area (Å²) in [6, 6.07) is 1.84. The van der Waals surface area contributed by atoms with E-state index in [4.69, 9.17) is 11.6 Å². The number of nitrogens with one attached hydrogen (secondary N) is 1. The van der Waals surface area contributed by atoms with Gasteiger partial charge in [0, 0.05) is 12.4 Å². The molecule has 2 aromatic heterocycles. The van der Waals surface area contributed by atoms with Crippen LogP contribution < -0.4 is 5.32 Å². The zero-order valence-corrected chi connectivity index (χ0v) is 12.6. The lowest BCUT2D eigenvalue weighted by atomic mass is 10.0. The van der Waals surface area contributed by atoms with E-state index >= 15 is 0 Å². The van der Waals surface area contributed by atoms with E-state index in [-0.39, 0.29) is 22.6 Å². The Labute approximate surface area is 127 Å². The zero-order valence-electron chi connectivity index (χ0n) is 11.9. The molecule has 0 amide bonds. The van der Waals surface area contributed by atoms with Crippen LogP contribution in [0.25, 0.3) is 0 Å². The molecule has 0 saturated carbocycles. The highest BCUT2D eigenvalue weighted by atomic mass is 35.5. The van der Waals surface area contributed by atoms with Crippen molar-refractivity contribution in [2.45, 2.75) is 26.7 Å². The van der Waals surface area contributed by atoms with Crippen LogP contribution in [0.1, 0.15) is 41.4 Å². The van der Waals surface area contributed by atoms with Gasteiger partial charge in [-0.15, -0.1) is 0 Å². The van der Waals surface area contributed by atoms with Crippen LogP contribution in [0.3, 0.4) is 0 Å². The van der Waals surface area contributed by atoms with E-state index < -0.39 is 5.97 Å². The number of carbonyl (C=O) groups is 1. The first kappa shape index (κ1) is 15.2. The molecule has 2 heterocycles. The summed E-state index contributed by atoms with van der Waals surface area (Å²) in [6.45, 7) is 5.94. The minimum absolute atomic E-state index is 0.0184. The van der Waals surface area contributed by atoms with E-state index in [2.05, 4.69) is 20.3 Å². The highest BCUT2D eigenvalue weighted by molar-refractivity contribution is 6.28. The first-order valence-corrected chi connectivity index (χ1v) is 6.76. The standard InChI is InChI=1S/C14H15ClN4O2/c1-7(2)10-11(8(3)4-5-16-10)18-12-9(13(20)21)6-17-14(15)19-12/h4-7H,1-3H3,(H,20,21)(H,17,18,19). The summed E-state index contributed by atoms with van der Waals surface area (Å²) in [6.07, 6.45) is 2.90. The number of anilines is 2. The second-order valence-electron chi connectivity index (χ2n) is 4.87. The molecule has 0 radical (unpaired) electrons. The van der Waals surface area contributed by atoms with Crippen molar-refractivity contribution in [3.8, 4) is 0 Å². The molecule has 6 nitrogen and oxygen atoms in total. The summed E-state index contributed by atoms with van der Waals surface area (Å²) in [7, 11) is 0. The van der Waals surface area contributed by atoms with Crippen molar-refractivity contribution in [2.24, 2.45) is 0 Å². The van der Waals surface area contributed by atoms with Gasteiger partial charge in [-0.3, -0.25) is 4.98 Å². The molecule has 0 fully saturated rings. The number of aryl methyl sites for hydroxylation is 1. The lowest BCUT2D eigenvalue weighted by Crippen LogP contribution is -2.09. The van der Waals surface area contributed by atoms with Crippen LogP contribution in [-0.2, 0) is 0 Å². The van der Waals surface area contributed by atoms with Crippen molar-refractivity contribution >= 4 is 29.1 Å². The minimum atomic E-state index is -1.12. The Morgan fingerprint density at radius 2 is 2.10 bits per heavy atom. The normalized spacial score (nSPS) is 10.7. The molecule has 2 aromatic rings. The SMILES string of the molecule is Cc1ccnc(C(C)C)c1Nc1nc(Cl)ncc1C(=O)O. The smallest absolute Gasteiger partial charge is 0.341 e. The van der Waals surface area contributed by atoms with Crippen molar-refractivity contribution in [2.75, 3.05) is 5.32 Å². The summed E-state index contributed by atoms with van der Waals surface area (Å²) in [5, 5.41) is 12.2. The highest BCUT2D eigenvalue weighted by Crippen LogP contribution is 2.29. The fourth-order valence-electron chi connectivity index (χ4n) is 1.91. The Kier molecular flexibility index (Phi) is 4.37. The second kappa shape index (κ2) is 6.05. The molecule has 21 heavy (non-hydrogen) atoms. The van der Waals surface area contributed by atoms with E-state index in [0.717, 1.165) is 16.9 Å². The van der Waals surface area contributed by atoms with Gasteiger partial charge >= 0.3 is 5.97 Å². The van der Waals surface area contributed by atoms with Gasteiger partial charge in [-0.25, -0.2) is 9.78 Å². The molecule has 0 bridgehead atoms. The van der Waals surface area contributed by atoms with Gasteiger partial charge in [-0.2, -0.15) is 4.98 Å². The molecule has 2 rings (SSSR count). The van der Waals surface area contributed by atoms with Crippen LogP contribution in [0, 0.1) is 6.92 Å². The summed E-state index contributed by atoms with van der Waals surface area (Å²) in [5.74, 6) is -0.791. The quantitative estimate of drug-likeness (QED) is 0.842. The summed E-state index contributed by atoms with van der Waals surface area (Å²) < 4.78 is 0. The molecule has 0 aromatic carbocycles. The molecular formula is C14H15ClN4O2. The third-order valence-corrected chi connectivity index (χ3v) is 3.15. The fourth-order valence-corrected chi connectivity index (χ4v) is 2.04. The van der Waals surface area contributed by atoms with Crippen molar-refractivity contribution < 1.29 is 9.90 Å². The molecule has 0 aliphatic heterocycles. The predicted octanol–water partition coefficient (Wildman–Crippen LogP) is 3.40. The number of rotatable bonds is 4. The van der Waals surface area contributed by atoms with E-state index in [1.807, 2.05) is 26.8 Å². The van der Waals surface area contributed by atoms with Crippen molar-refractivity contribution in [1.82, 2.24) is 15.0 Å². The van der Waals surface area contributed by atoms with Gasteiger partial charge in [-0.1, -0.05) is 13.8 Å². The Morgan fingerprint density at radius 1 is 1.38 bits per heavy atom. The lowest BCUT2D eigenvalue weighted by Gasteiger charge is -2.16. The fraction of sp³-hybridized carbons (Fsp3) is 0.286. The number of aromatic carboxylic acids is 1. The average molecular weight is 307 g/mol. The van der Waals surface area contributed by atoms with Gasteiger partial charge in [0.2, 0.25) is 5.28 Å². The summed E-state index contributed by atoms with van der Waals surface area (Å²) in [5.41, 5.74) is 2.47. The van der Waals surface area contributed by atoms with Gasteiger partial charge in [0.05, 0.1) is 11.4 Å². The zero-order chi connectivity index (χ0) is 15.6. The van der Waals surface area contributed by atoms with Gasteiger partial charge < -0.3 is 10.4 Å². The van der Waals surface area contributed by atoms with Crippen LogP contribution >= 0.6 is 11.6 Å². The molecule has 0 aliphatic rings. The summed E-state index contributed by atoms with van der Waals surface area (Å²) in [4.78, 5) is 23.3. The Balaban J connectivity index is 2.53. The number of nitrogens with zero attached hydrogens (tertiary/aromatic N) is 3. The van der Waals surface area contributed by atoms with Crippen molar-refractivity contribution in [3.63, 3.8) is 0 Å². The van der Waals surface area contributed by atoms with Crippen molar-refractivity contribution in [1.29, 1.82) is 0 Å². The first-order valence-electron chi connectivity index (χ1n) is 6.38. The van der Waals surface area contributed by atoms with Gasteiger partial charge in [0.25, 0.3) is 0 Å². The van der Waals surface area contributed by atoms with Gasteiger partial charge in [0.1, 0.15) is 11.4 Å². The summed E-state index contributed by atoms with van der Waals surface area (Å²) >= 11 is 5.76. The van der Waals surface area contributed by atoms with Crippen molar-refractivity contribution in [3.05, 3.63) is 40.6 Å². The number of hydrogen-bond donors (Lipinski definition) is 2. The Morgan fingerprint density at radius 3 is 2.71 bits per heavy atom. The number of aromatic nitrogens is 3. The van der Waals surface area contributed by atoms with Crippen LogP contribution in [0.5, 0.6) is 0 Å². The molecular weight excluding hydrogens is 292 g/mol. The van der Waals surface area contributed by atoms with E-state index in [9.17, 15) is 9.90 Å². The molecule has 110 valence electrons. The molecule has 0 spiro atoms. The third-order valence-electron chi connectivity index (χ3n) is 2.97. The maximum absolute atomic E-state index is 11.2. The monoisotopic (exact) mass is 306 g/mol. The Bertz CT molecular complexity index is 689. The van der Waals surface area contributed by atoms with Gasteiger partial charge in [-0.05, 0) is 36.1 Å². The number of pyridine rings is 1. The molecule has 2 N–H and O–H groups in total. The molecule has 7 heteroatoms. The maximum atomic E-state index is 11.2. The van der Waals surface area contributed by atoms with E-state index in [1.165, 1.54) is 6.20 Å². The number of hydrogen-bond acceptors (Lipinski definition) is 5. The van der Waals surface area contributed by atoms with Crippen LogP contribution in [0.2, 0.25) is 5.28 Å². The lowest BCUT2D eigenvalue weighted by molar-refractivity contribution is 0.0697. The predicted molar refractivity (Wildman–Crippen MR) is 80.3 cm³/mol. The number of halogens is 1. The molecule has 0 saturated heterocycles. The van der Waals surface area contributed by atoms with Crippen LogP contribution in [0.15, 0.2) is 18.5 Å². The van der Waals surface area contributed by atoms with Crippen LogP contribution in [-0.4, -0.2) is 26.0 Å². The molecule has 0 aliphatic carbocycles. The first-order chi connectivity index (χ1) is 9.90. The van der Waals surface area contributed by atoms with Crippen LogP contribution in [0.4, 0.5) is 11.5 Å². The largest absolute Gasteiger partial charge is 0.477 e. The highest BCUT2D eigenvalue weighted by Gasteiger charge is 2.17. The topological polar surface area (TPSA) is 88.0 Å². The van der Waals surface area contributed by atoms with E-state index in [0.29, 0.717) is 0 Å². The molecule has 0 unspecified atom stereocenters. The number of carboxylic acids is 1. The maximum Gasteiger partial charge on any atom is 0.341 e. The second-order valence-corrected chi connectivity index (χ2v) is 5.21. The Hall–Kier alpha value is -2.21. The van der Waals surface area contributed by atoms with E-state index in [1.54, 1.807) is 6.20 Å². The minimum Gasteiger partial charge on any atom is -0.477 e. The molecule has 0 atom stereocenters.